The van der Waals surface area contributed by atoms with E-state index < -0.39 is 6.10 Å². The molecule has 17 heavy (non-hydrogen) atoms. The first kappa shape index (κ1) is 14.0. The van der Waals surface area contributed by atoms with E-state index in [2.05, 4.69) is 0 Å². The van der Waals surface area contributed by atoms with Gasteiger partial charge in [-0.05, 0) is 24.0 Å². The van der Waals surface area contributed by atoms with Gasteiger partial charge in [0.1, 0.15) is 0 Å². The first-order chi connectivity index (χ1) is 8.17. The van der Waals surface area contributed by atoms with Gasteiger partial charge in [0.05, 0.1) is 27.4 Å². The topological polar surface area (TPSA) is 47.9 Å². The van der Waals surface area contributed by atoms with Crippen LogP contribution in [0.3, 0.4) is 0 Å². The first-order valence-electron chi connectivity index (χ1n) is 5.14. The monoisotopic (exact) mass is 258 g/mol. The Morgan fingerprint density at radius 3 is 2.00 bits per heavy atom. The van der Waals surface area contributed by atoms with Gasteiger partial charge in [-0.25, -0.2) is 0 Å². The molecule has 4 nitrogen and oxygen atoms in total. The summed E-state index contributed by atoms with van der Waals surface area (Å²) in [6, 6.07) is 3.53. The van der Waals surface area contributed by atoms with Gasteiger partial charge in [-0.1, -0.05) is 0 Å². The van der Waals surface area contributed by atoms with Gasteiger partial charge in [0, 0.05) is 5.75 Å². The van der Waals surface area contributed by atoms with Crippen molar-refractivity contribution < 1.29 is 19.3 Å². The van der Waals surface area contributed by atoms with Crippen LogP contribution in [-0.2, 0) is 0 Å². The molecule has 0 aromatic heterocycles. The maximum atomic E-state index is 9.95. The maximum absolute atomic E-state index is 9.95. The molecule has 1 N–H and O–H groups in total. The van der Waals surface area contributed by atoms with E-state index in [0.717, 1.165) is 5.56 Å². The van der Waals surface area contributed by atoms with Crippen LogP contribution in [0, 0.1) is 0 Å². The number of benzene rings is 1. The van der Waals surface area contributed by atoms with Crippen molar-refractivity contribution in [1.82, 2.24) is 0 Å². The van der Waals surface area contributed by atoms with Gasteiger partial charge < -0.3 is 19.3 Å². The fraction of sp³-hybridized carbons (Fsp3) is 0.500. The predicted molar refractivity (Wildman–Crippen MR) is 69.4 cm³/mol. The molecule has 0 spiro atoms. The van der Waals surface area contributed by atoms with Crippen molar-refractivity contribution >= 4 is 11.8 Å². The van der Waals surface area contributed by atoms with Crippen LogP contribution >= 0.6 is 11.8 Å². The maximum Gasteiger partial charge on any atom is 0.203 e. The number of hydrogen-bond acceptors (Lipinski definition) is 5. The van der Waals surface area contributed by atoms with E-state index in [1.165, 1.54) is 0 Å². The quantitative estimate of drug-likeness (QED) is 0.847. The largest absolute Gasteiger partial charge is 0.493 e. The van der Waals surface area contributed by atoms with Crippen LogP contribution in [0.25, 0.3) is 0 Å². The summed E-state index contributed by atoms with van der Waals surface area (Å²) >= 11 is 1.58. The van der Waals surface area contributed by atoms with E-state index in [0.29, 0.717) is 23.0 Å². The zero-order chi connectivity index (χ0) is 12.8. The third-order valence-corrected chi connectivity index (χ3v) is 3.05. The Bertz CT molecular complexity index is 343. The van der Waals surface area contributed by atoms with Crippen LogP contribution in [0.5, 0.6) is 17.2 Å². The third-order valence-electron chi connectivity index (χ3n) is 2.40. The van der Waals surface area contributed by atoms with Crippen molar-refractivity contribution in [3.8, 4) is 17.2 Å². The molecule has 96 valence electrons. The molecular weight excluding hydrogens is 240 g/mol. The normalized spacial score (nSPS) is 12.1. The zero-order valence-corrected chi connectivity index (χ0v) is 11.3. The van der Waals surface area contributed by atoms with Crippen molar-refractivity contribution in [2.24, 2.45) is 0 Å². The molecule has 0 saturated heterocycles. The minimum atomic E-state index is -0.543. The van der Waals surface area contributed by atoms with Gasteiger partial charge in [-0.2, -0.15) is 11.8 Å². The summed E-state index contributed by atoms with van der Waals surface area (Å²) < 4.78 is 15.7. The molecule has 0 saturated carbocycles. The highest BCUT2D eigenvalue weighted by atomic mass is 32.2. The van der Waals surface area contributed by atoms with Crippen LogP contribution in [0.2, 0.25) is 0 Å². The summed E-state index contributed by atoms with van der Waals surface area (Å²) in [6.45, 7) is 0. The second-order valence-corrected chi connectivity index (χ2v) is 4.34. The Morgan fingerprint density at radius 2 is 1.65 bits per heavy atom. The van der Waals surface area contributed by atoms with Gasteiger partial charge in [0.2, 0.25) is 5.75 Å². The highest BCUT2D eigenvalue weighted by molar-refractivity contribution is 7.98. The predicted octanol–water partition coefficient (Wildman–Crippen LogP) is 2.11. The average Bonchev–Trinajstić information content (AvgIpc) is 2.37. The van der Waals surface area contributed by atoms with Gasteiger partial charge in [0.25, 0.3) is 0 Å². The molecule has 1 unspecified atom stereocenters. The number of aliphatic hydroxyl groups is 1. The fourth-order valence-corrected chi connectivity index (χ4v) is 2.06. The zero-order valence-electron chi connectivity index (χ0n) is 10.5. The van der Waals surface area contributed by atoms with Gasteiger partial charge in [-0.3, -0.25) is 0 Å². The number of hydrogen-bond donors (Lipinski definition) is 1. The summed E-state index contributed by atoms with van der Waals surface area (Å²) in [5, 5.41) is 9.95. The number of ether oxygens (including phenoxy) is 3. The summed E-state index contributed by atoms with van der Waals surface area (Å²) in [7, 11) is 4.67. The molecule has 0 radical (unpaired) electrons. The van der Waals surface area contributed by atoms with Crippen LogP contribution < -0.4 is 14.2 Å². The molecule has 1 rings (SSSR count). The lowest BCUT2D eigenvalue weighted by Crippen LogP contribution is -2.03. The number of aliphatic hydroxyl groups excluding tert-OH is 1. The summed E-state index contributed by atoms with van der Waals surface area (Å²) in [5.74, 6) is 2.28. The van der Waals surface area contributed by atoms with Crippen LogP contribution in [0.4, 0.5) is 0 Å². The minimum Gasteiger partial charge on any atom is -0.493 e. The van der Waals surface area contributed by atoms with E-state index in [1.807, 2.05) is 6.26 Å². The van der Waals surface area contributed by atoms with E-state index >= 15 is 0 Å². The summed E-state index contributed by atoms with van der Waals surface area (Å²) in [4.78, 5) is 0. The van der Waals surface area contributed by atoms with Crippen LogP contribution in [0.1, 0.15) is 11.7 Å². The lowest BCUT2D eigenvalue weighted by molar-refractivity contribution is 0.202. The first-order valence-corrected chi connectivity index (χ1v) is 6.54. The smallest absolute Gasteiger partial charge is 0.203 e. The molecule has 5 heteroatoms. The van der Waals surface area contributed by atoms with E-state index in [-0.39, 0.29) is 0 Å². The molecule has 1 aromatic carbocycles. The summed E-state index contributed by atoms with van der Waals surface area (Å²) in [5.41, 5.74) is 0.758. The second-order valence-electron chi connectivity index (χ2n) is 3.43. The molecule has 0 aliphatic heterocycles. The molecule has 0 heterocycles. The molecule has 0 bridgehead atoms. The molecule has 0 aliphatic carbocycles. The van der Waals surface area contributed by atoms with Gasteiger partial charge >= 0.3 is 0 Å². The van der Waals surface area contributed by atoms with Crippen molar-refractivity contribution in [2.45, 2.75) is 6.10 Å². The SMILES string of the molecule is COc1cc(C(O)CSC)cc(OC)c1OC. The molecule has 1 aromatic rings. The number of methoxy groups -OCH3 is 3. The highest BCUT2D eigenvalue weighted by Crippen LogP contribution is 2.39. The Morgan fingerprint density at radius 1 is 1.12 bits per heavy atom. The van der Waals surface area contributed by atoms with Crippen molar-refractivity contribution in [1.29, 1.82) is 0 Å². The fourth-order valence-electron chi connectivity index (χ4n) is 1.55. The van der Waals surface area contributed by atoms with Gasteiger partial charge in [0.15, 0.2) is 11.5 Å². The highest BCUT2D eigenvalue weighted by Gasteiger charge is 2.16. The minimum absolute atomic E-state index is 0.537. The lowest BCUT2D eigenvalue weighted by atomic mass is 10.1. The molecule has 0 amide bonds. The summed E-state index contributed by atoms with van der Waals surface area (Å²) in [6.07, 6.45) is 1.40. The molecule has 0 fully saturated rings. The average molecular weight is 258 g/mol. The van der Waals surface area contributed by atoms with Crippen molar-refractivity contribution in [3.63, 3.8) is 0 Å². The number of rotatable bonds is 6. The number of thioether (sulfide) groups is 1. The molecule has 1 atom stereocenters. The Balaban J connectivity index is 3.17. The van der Waals surface area contributed by atoms with E-state index in [9.17, 15) is 5.11 Å². The third kappa shape index (κ3) is 3.20. The standard InChI is InChI=1S/C12H18O4S/c1-14-10-5-8(9(13)7-17-4)6-11(15-2)12(10)16-3/h5-6,9,13H,7H2,1-4H3. The van der Waals surface area contributed by atoms with Gasteiger partial charge in [-0.15, -0.1) is 0 Å². The van der Waals surface area contributed by atoms with Crippen molar-refractivity contribution in [2.75, 3.05) is 33.3 Å². The Kier molecular flexibility index (Phi) is 5.44. The van der Waals surface area contributed by atoms with Crippen LogP contribution in [-0.4, -0.2) is 38.4 Å². The van der Waals surface area contributed by atoms with Crippen LogP contribution in [0.15, 0.2) is 12.1 Å². The molecular formula is C12H18O4S. The van der Waals surface area contributed by atoms with E-state index in [4.69, 9.17) is 14.2 Å². The Labute approximate surface area is 106 Å². The second kappa shape index (κ2) is 6.61. The van der Waals surface area contributed by atoms with Crippen molar-refractivity contribution in [3.05, 3.63) is 17.7 Å². The Hall–Kier alpha value is -1.07. The molecule has 0 aliphatic rings. The van der Waals surface area contributed by atoms with E-state index in [1.54, 1.807) is 45.2 Å². The lowest BCUT2D eigenvalue weighted by Gasteiger charge is -2.16.